The van der Waals surface area contributed by atoms with E-state index in [1.807, 2.05) is 0 Å². The van der Waals surface area contributed by atoms with E-state index in [-0.39, 0.29) is 0 Å². The van der Waals surface area contributed by atoms with E-state index in [2.05, 4.69) is 60.6 Å². The minimum atomic E-state index is 0.512. The minimum absolute atomic E-state index is 0.512. The van der Waals surface area contributed by atoms with Crippen LogP contribution in [0.1, 0.15) is 37.8 Å². The Hall–Kier alpha value is -1.13. The quantitative estimate of drug-likeness (QED) is 0.837. The average Bonchev–Trinajstić information content (AvgIpc) is 2.47. The van der Waals surface area contributed by atoms with Gasteiger partial charge in [0.2, 0.25) is 0 Å². The minimum Gasteiger partial charge on any atom is -0.360 e. The van der Waals surface area contributed by atoms with Crippen molar-refractivity contribution in [3.63, 3.8) is 0 Å². The SMILES string of the molecule is Cc1ccc(CNC(=S)NC2CCN(C(C)C)CC2)cc1. The summed E-state index contributed by atoms with van der Waals surface area (Å²) in [6.07, 6.45) is 2.34. The number of nitrogens with one attached hydrogen (secondary N) is 2. The van der Waals surface area contributed by atoms with Crippen LogP contribution in [-0.2, 0) is 6.54 Å². The highest BCUT2D eigenvalue weighted by Crippen LogP contribution is 2.12. The summed E-state index contributed by atoms with van der Waals surface area (Å²) >= 11 is 5.40. The normalized spacial score (nSPS) is 17.0. The molecule has 1 aliphatic rings. The summed E-state index contributed by atoms with van der Waals surface area (Å²) in [5, 5.41) is 7.54. The fourth-order valence-corrected chi connectivity index (χ4v) is 2.92. The summed E-state index contributed by atoms with van der Waals surface area (Å²) in [5.74, 6) is 0. The van der Waals surface area contributed by atoms with Gasteiger partial charge in [-0.1, -0.05) is 29.8 Å². The van der Waals surface area contributed by atoms with Crippen molar-refractivity contribution in [2.45, 2.75) is 52.2 Å². The van der Waals surface area contributed by atoms with Crippen LogP contribution in [0.4, 0.5) is 0 Å². The van der Waals surface area contributed by atoms with Crippen molar-refractivity contribution < 1.29 is 0 Å². The smallest absolute Gasteiger partial charge is 0.166 e. The molecule has 1 aromatic rings. The number of piperidine rings is 1. The molecule has 0 saturated carbocycles. The number of hydrogen-bond donors (Lipinski definition) is 2. The summed E-state index contributed by atoms with van der Waals surface area (Å²) in [5.41, 5.74) is 2.55. The Morgan fingerprint density at radius 3 is 2.43 bits per heavy atom. The molecule has 1 fully saturated rings. The molecule has 116 valence electrons. The third-order valence-electron chi connectivity index (χ3n) is 4.17. The second-order valence-electron chi connectivity index (χ2n) is 6.22. The van der Waals surface area contributed by atoms with Gasteiger partial charge in [0.05, 0.1) is 0 Å². The molecular formula is C17H27N3S. The first kappa shape index (κ1) is 16.2. The van der Waals surface area contributed by atoms with Gasteiger partial charge in [-0.25, -0.2) is 0 Å². The lowest BCUT2D eigenvalue weighted by atomic mass is 10.0. The second-order valence-corrected chi connectivity index (χ2v) is 6.62. The van der Waals surface area contributed by atoms with Crippen molar-refractivity contribution in [1.29, 1.82) is 0 Å². The molecule has 21 heavy (non-hydrogen) atoms. The van der Waals surface area contributed by atoms with Crippen LogP contribution >= 0.6 is 12.2 Å². The molecule has 0 aliphatic carbocycles. The summed E-state index contributed by atoms with van der Waals surface area (Å²) in [7, 11) is 0. The van der Waals surface area contributed by atoms with E-state index >= 15 is 0 Å². The molecule has 1 aromatic carbocycles. The standard InChI is InChI=1S/C17H27N3S/c1-13(2)20-10-8-16(9-11-20)19-17(21)18-12-15-6-4-14(3)5-7-15/h4-7,13,16H,8-12H2,1-3H3,(H2,18,19,21). The maximum absolute atomic E-state index is 5.40. The lowest BCUT2D eigenvalue weighted by Crippen LogP contribution is -2.48. The van der Waals surface area contributed by atoms with Gasteiger partial charge in [0.15, 0.2) is 5.11 Å². The van der Waals surface area contributed by atoms with Crippen molar-refractivity contribution in [3.05, 3.63) is 35.4 Å². The fourth-order valence-electron chi connectivity index (χ4n) is 2.68. The number of nitrogens with zero attached hydrogens (tertiary/aromatic N) is 1. The molecule has 2 N–H and O–H groups in total. The number of thiocarbonyl (C=S) groups is 1. The van der Waals surface area contributed by atoms with Gasteiger partial charge in [-0.15, -0.1) is 0 Å². The maximum atomic E-state index is 5.40. The topological polar surface area (TPSA) is 27.3 Å². The van der Waals surface area contributed by atoms with Crippen LogP contribution in [-0.4, -0.2) is 35.2 Å². The zero-order valence-corrected chi connectivity index (χ0v) is 14.2. The lowest BCUT2D eigenvalue weighted by Gasteiger charge is -2.35. The maximum Gasteiger partial charge on any atom is 0.166 e. The van der Waals surface area contributed by atoms with E-state index < -0.39 is 0 Å². The predicted molar refractivity (Wildman–Crippen MR) is 93.5 cm³/mol. The summed E-state index contributed by atoms with van der Waals surface area (Å²) in [6.45, 7) is 9.75. The van der Waals surface area contributed by atoms with Gasteiger partial charge in [0, 0.05) is 31.7 Å². The molecular weight excluding hydrogens is 278 g/mol. The van der Waals surface area contributed by atoms with E-state index in [0.29, 0.717) is 12.1 Å². The van der Waals surface area contributed by atoms with Crippen LogP contribution in [0.15, 0.2) is 24.3 Å². The molecule has 1 heterocycles. The molecule has 0 radical (unpaired) electrons. The van der Waals surface area contributed by atoms with Gasteiger partial charge in [0.1, 0.15) is 0 Å². The van der Waals surface area contributed by atoms with Gasteiger partial charge in [0.25, 0.3) is 0 Å². The van der Waals surface area contributed by atoms with Crippen LogP contribution in [0.25, 0.3) is 0 Å². The number of rotatable bonds is 4. The Kier molecular flexibility index (Phi) is 6.00. The van der Waals surface area contributed by atoms with E-state index in [9.17, 15) is 0 Å². The van der Waals surface area contributed by atoms with Crippen molar-refractivity contribution in [3.8, 4) is 0 Å². The Morgan fingerprint density at radius 1 is 1.24 bits per heavy atom. The molecule has 4 heteroatoms. The highest BCUT2D eigenvalue weighted by Gasteiger charge is 2.20. The van der Waals surface area contributed by atoms with E-state index in [1.165, 1.54) is 24.0 Å². The summed E-state index contributed by atoms with van der Waals surface area (Å²) in [4.78, 5) is 2.53. The van der Waals surface area contributed by atoms with Crippen molar-refractivity contribution >= 4 is 17.3 Å². The van der Waals surface area contributed by atoms with Gasteiger partial charge >= 0.3 is 0 Å². The molecule has 0 atom stereocenters. The first-order valence-corrected chi connectivity index (χ1v) is 8.29. The number of hydrogen-bond acceptors (Lipinski definition) is 2. The van der Waals surface area contributed by atoms with Gasteiger partial charge < -0.3 is 15.5 Å². The second kappa shape index (κ2) is 7.76. The van der Waals surface area contributed by atoms with E-state index in [1.54, 1.807) is 0 Å². The Morgan fingerprint density at radius 2 is 1.86 bits per heavy atom. The number of aryl methyl sites for hydroxylation is 1. The first-order valence-electron chi connectivity index (χ1n) is 7.88. The van der Waals surface area contributed by atoms with E-state index in [4.69, 9.17) is 12.2 Å². The van der Waals surface area contributed by atoms with Crippen LogP contribution in [0.2, 0.25) is 0 Å². The molecule has 2 rings (SSSR count). The first-order chi connectivity index (χ1) is 10.0. The van der Waals surface area contributed by atoms with Crippen molar-refractivity contribution in [2.24, 2.45) is 0 Å². The van der Waals surface area contributed by atoms with Crippen LogP contribution in [0.5, 0.6) is 0 Å². The molecule has 0 spiro atoms. The zero-order chi connectivity index (χ0) is 15.2. The number of likely N-dealkylation sites (tertiary alicyclic amines) is 1. The average molecular weight is 305 g/mol. The van der Waals surface area contributed by atoms with Gasteiger partial charge in [-0.05, 0) is 51.4 Å². The Labute approximate surface area is 134 Å². The Balaban J connectivity index is 1.69. The van der Waals surface area contributed by atoms with Crippen LogP contribution in [0, 0.1) is 6.92 Å². The third-order valence-corrected chi connectivity index (χ3v) is 4.43. The van der Waals surface area contributed by atoms with Crippen molar-refractivity contribution in [1.82, 2.24) is 15.5 Å². The summed E-state index contributed by atoms with van der Waals surface area (Å²) in [6, 6.07) is 9.72. The summed E-state index contributed by atoms with van der Waals surface area (Å²) < 4.78 is 0. The Bertz CT molecular complexity index is 448. The predicted octanol–water partition coefficient (Wildman–Crippen LogP) is 2.83. The molecule has 0 unspecified atom stereocenters. The van der Waals surface area contributed by atoms with Crippen LogP contribution in [0.3, 0.4) is 0 Å². The third kappa shape index (κ3) is 5.29. The van der Waals surface area contributed by atoms with E-state index in [0.717, 1.165) is 24.7 Å². The molecule has 0 aromatic heterocycles. The highest BCUT2D eigenvalue weighted by atomic mass is 32.1. The highest BCUT2D eigenvalue weighted by molar-refractivity contribution is 7.80. The zero-order valence-electron chi connectivity index (χ0n) is 13.4. The van der Waals surface area contributed by atoms with Gasteiger partial charge in [-0.3, -0.25) is 0 Å². The van der Waals surface area contributed by atoms with Crippen LogP contribution < -0.4 is 10.6 Å². The molecule has 1 saturated heterocycles. The molecule has 1 aliphatic heterocycles. The molecule has 3 nitrogen and oxygen atoms in total. The molecule has 0 amide bonds. The van der Waals surface area contributed by atoms with Crippen molar-refractivity contribution in [2.75, 3.05) is 13.1 Å². The lowest BCUT2D eigenvalue weighted by molar-refractivity contribution is 0.167. The monoisotopic (exact) mass is 305 g/mol. The largest absolute Gasteiger partial charge is 0.360 e. The number of benzene rings is 1. The fraction of sp³-hybridized carbons (Fsp3) is 0.588. The molecule has 0 bridgehead atoms. The van der Waals surface area contributed by atoms with Gasteiger partial charge in [-0.2, -0.15) is 0 Å².